The monoisotopic (exact) mass is 530 g/mol. The van der Waals surface area contributed by atoms with Crippen molar-refractivity contribution in [1.82, 2.24) is 9.88 Å². The van der Waals surface area contributed by atoms with Gasteiger partial charge in [0.2, 0.25) is 0 Å². The molecule has 0 spiro atoms. The van der Waals surface area contributed by atoms with Crippen molar-refractivity contribution in [3.8, 4) is 5.75 Å². The van der Waals surface area contributed by atoms with Gasteiger partial charge in [0.05, 0.1) is 18.7 Å². The third-order valence-corrected chi connectivity index (χ3v) is 6.89. The molecule has 1 unspecified atom stereocenters. The number of aromatic amines is 1. The van der Waals surface area contributed by atoms with E-state index in [2.05, 4.69) is 20.9 Å². The van der Waals surface area contributed by atoms with Gasteiger partial charge in [-0.05, 0) is 47.9 Å². The molecule has 6 nitrogen and oxygen atoms in total. The number of aliphatic hydroxyl groups excluding tert-OH is 1. The summed E-state index contributed by atoms with van der Waals surface area (Å²) in [5.74, 6) is -0.917. The number of benzene rings is 3. The third-order valence-electron chi connectivity index (χ3n) is 6.36. The number of carbonyl (C=O) groups is 2. The highest BCUT2D eigenvalue weighted by Crippen LogP contribution is 2.40. The third kappa shape index (κ3) is 4.23. The zero-order valence-electron chi connectivity index (χ0n) is 19.0. The summed E-state index contributed by atoms with van der Waals surface area (Å²) in [5, 5.41) is 12.3. The Bertz CT molecular complexity index is 1460. The molecule has 2 N–H and O–H groups in total. The maximum absolute atomic E-state index is 13.3. The molecule has 1 aliphatic heterocycles. The van der Waals surface area contributed by atoms with Crippen molar-refractivity contribution in [2.75, 3.05) is 13.7 Å². The highest BCUT2D eigenvalue weighted by Gasteiger charge is 2.46. The fraction of sp³-hybridized carbons (Fsp3) is 0.143. The van der Waals surface area contributed by atoms with Gasteiger partial charge in [0, 0.05) is 33.7 Å². The highest BCUT2D eigenvalue weighted by molar-refractivity contribution is 9.10. The average Bonchev–Trinajstić information content (AvgIpc) is 3.41. The first kappa shape index (κ1) is 22.9. The Morgan fingerprint density at radius 2 is 1.83 bits per heavy atom. The van der Waals surface area contributed by atoms with Gasteiger partial charge >= 0.3 is 0 Å². The van der Waals surface area contributed by atoms with Crippen molar-refractivity contribution >= 4 is 44.3 Å². The Kier molecular flexibility index (Phi) is 6.17. The van der Waals surface area contributed by atoms with E-state index in [4.69, 9.17) is 4.74 Å². The predicted octanol–water partition coefficient (Wildman–Crippen LogP) is 5.60. The van der Waals surface area contributed by atoms with E-state index in [1.165, 1.54) is 0 Å². The van der Waals surface area contributed by atoms with Gasteiger partial charge in [-0.15, -0.1) is 0 Å². The number of rotatable bonds is 6. The van der Waals surface area contributed by atoms with Crippen LogP contribution in [0.15, 0.2) is 89.0 Å². The Balaban J connectivity index is 1.58. The van der Waals surface area contributed by atoms with Crippen LogP contribution in [0.25, 0.3) is 16.7 Å². The number of carbonyl (C=O) groups excluding carboxylic acids is 2. The summed E-state index contributed by atoms with van der Waals surface area (Å²) in [4.78, 5) is 31.3. The second-order valence-corrected chi connectivity index (χ2v) is 9.30. The van der Waals surface area contributed by atoms with Crippen molar-refractivity contribution in [2.24, 2.45) is 0 Å². The number of ketones is 1. The zero-order chi connectivity index (χ0) is 24.5. The fourth-order valence-electron chi connectivity index (χ4n) is 4.61. The van der Waals surface area contributed by atoms with E-state index in [0.717, 1.165) is 20.9 Å². The maximum atomic E-state index is 13.3. The standard InChI is InChI=1S/C28H23BrN2O4/c1-35-21-6-4-5-18(15-21)25-24(26(32)17-9-11-20(29)12-10-17)27(33)28(34)31(25)14-13-19-16-30-23-8-3-2-7-22(19)23/h2-12,15-16,25,30,32H,13-14H2,1H3/b26-24+. The number of para-hydroxylation sites is 1. The number of hydrogen-bond donors (Lipinski definition) is 2. The second-order valence-electron chi connectivity index (χ2n) is 8.39. The number of nitrogens with zero attached hydrogens (tertiary/aromatic N) is 1. The number of aromatic nitrogens is 1. The minimum atomic E-state index is -0.737. The number of ether oxygens (including phenoxy) is 1. The van der Waals surface area contributed by atoms with Crippen LogP contribution >= 0.6 is 15.9 Å². The lowest BCUT2D eigenvalue weighted by atomic mass is 9.95. The van der Waals surface area contributed by atoms with Crippen molar-refractivity contribution < 1.29 is 19.4 Å². The lowest BCUT2D eigenvalue weighted by Crippen LogP contribution is -2.31. The molecule has 1 saturated heterocycles. The molecule has 35 heavy (non-hydrogen) atoms. The van der Waals surface area contributed by atoms with E-state index in [-0.39, 0.29) is 11.3 Å². The zero-order valence-corrected chi connectivity index (χ0v) is 20.6. The molecule has 1 amide bonds. The average molecular weight is 531 g/mol. The largest absolute Gasteiger partial charge is 0.507 e. The van der Waals surface area contributed by atoms with E-state index in [9.17, 15) is 14.7 Å². The first-order valence-electron chi connectivity index (χ1n) is 11.2. The Labute approximate surface area is 211 Å². The topological polar surface area (TPSA) is 82.6 Å². The van der Waals surface area contributed by atoms with E-state index in [1.807, 2.05) is 42.6 Å². The molecule has 176 valence electrons. The van der Waals surface area contributed by atoms with Crippen LogP contribution in [0, 0.1) is 0 Å². The number of nitrogens with one attached hydrogen (secondary N) is 1. The van der Waals surface area contributed by atoms with E-state index >= 15 is 0 Å². The number of H-pyrrole nitrogens is 1. The highest BCUT2D eigenvalue weighted by atomic mass is 79.9. The van der Waals surface area contributed by atoms with Gasteiger partial charge < -0.3 is 19.7 Å². The molecule has 0 bridgehead atoms. The molecule has 5 rings (SSSR count). The van der Waals surface area contributed by atoms with Gasteiger partial charge in [0.1, 0.15) is 11.5 Å². The molecule has 1 aromatic heterocycles. The molecule has 1 aliphatic rings. The van der Waals surface area contributed by atoms with Crippen LogP contribution in [0.5, 0.6) is 5.75 Å². The molecule has 7 heteroatoms. The van der Waals surface area contributed by atoms with Crippen molar-refractivity contribution in [3.63, 3.8) is 0 Å². The lowest BCUT2D eigenvalue weighted by Gasteiger charge is -2.25. The number of methoxy groups -OCH3 is 1. The molecule has 2 heterocycles. The van der Waals surface area contributed by atoms with Crippen LogP contribution in [0.2, 0.25) is 0 Å². The summed E-state index contributed by atoms with van der Waals surface area (Å²) in [6.45, 7) is 0.311. The minimum absolute atomic E-state index is 0.0736. The van der Waals surface area contributed by atoms with Gasteiger partial charge in [-0.1, -0.05) is 58.4 Å². The van der Waals surface area contributed by atoms with Crippen molar-refractivity contribution in [3.05, 3.63) is 106 Å². The molecule has 0 radical (unpaired) electrons. The molecule has 1 atom stereocenters. The Hall–Kier alpha value is -3.84. The first-order valence-corrected chi connectivity index (χ1v) is 12.0. The van der Waals surface area contributed by atoms with Crippen LogP contribution < -0.4 is 4.74 Å². The van der Waals surface area contributed by atoms with E-state index in [1.54, 1.807) is 48.4 Å². The number of likely N-dealkylation sites (tertiary alicyclic amines) is 1. The molecule has 0 saturated carbocycles. The summed E-state index contributed by atoms with van der Waals surface area (Å²) in [7, 11) is 1.56. The van der Waals surface area contributed by atoms with Crippen molar-refractivity contribution in [2.45, 2.75) is 12.5 Å². The Morgan fingerprint density at radius 1 is 1.06 bits per heavy atom. The predicted molar refractivity (Wildman–Crippen MR) is 138 cm³/mol. The van der Waals surface area contributed by atoms with Crippen LogP contribution in [0.1, 0.15) is 22.7 Å². The molecular formula is C28H23BrN2O4. The number of halogens is 1. The van der Waals surface area contributed by atoms with Crippen LogP contribution in [-0.2, 0) is 16.0 Å². The summed E-state index contributed by atoms with van der Waals surface area (Å²) in [6, 6.07) is 21.5. The SMILES string of the molecule is COc1cccc(C2/C(=C(\O)c3ccc(Br)cc3)C(=O)C(=O)N2CCc2c[nH]c3ccccc23)c1. The molecule has 1 fully saturated rings. The normalized spacial score (nSPS) is 17.3. The number of hydrogen-bond acceptors (Lipinski definition) is 4. The number of aliphatic hydroxyl groups is 1. The number of amides is 1. The van der Waals surface area contributed by atoms with Gasteiger partial charge in [-0.25, -0.2) is 0 Å². The molecule has 3 aromatic carbocycles. The quantitative estimate of drug-likeness (QED) is 0.193. The molecule has 4 aromatic rings. The molecular weight excluding hydrogens is 508 g/mol. The summed E-state index contributed by atoms with van der Waals surface area (Å²) < 4.78 is 6.23. The first-order chi connectivity index (χ1) is 17.0. The fourth-order valence-corrected chi connectivity index (χ4v) is 4.88. The van der Waals surface area contributed by atoms with Gasteiger partial charge in [0.15, 0.2) is 0 Å². The van der Waals surface area contributed by atoms with Crippen LogP contribution in [0.3, 0.4) is 0 Å². The van der Waals surface area contributed by atoms with E-state index in [0.29, 0.717) is 29.8 Å². The summed E-state index contributed by atoms with van der Waals surface area (Å²) >= 11 is 3.39. The van der Waals surface area contributed by atoms with Crippen LogP contribution in [-0.4, -0.2) is 40.3 Å². The van der Waals surface area contributed by atoms with Crippen molar-refractivity contribution in [1.29, 1.82) is 0 Å². The van der Waals surface area contributed by atoms with E-state index < -0.39 is 17.7 Å². The van der Waals surface area contributed by atoms with Gasteiger partial charge in [0.25, 0.3) is 11.7 Å². The van der Waals surface area contributed by atoms with Crippen LogP contribution in [0.4, 0.5) is 0 Å². The maximum Gasteiger partial charge on any atom is 0.295 e. The van der Waals surface area contributed by atoms with Gasteiger partial charge in [-0.2, -0.15) is 0 Å². The van der Waals surface area contributed by atoms with Gasteiger partial charge in [-0.3, -0.25) is 9.59 Å². The number of fused-ring (bicyclic) bond motifs is 1. The minimum Gasteiger partial charge on any atom is -0.507 e. The molecule has 0 aliphatic carbocycles. The second kappa shape index (κ2) is 9.43. The smallest absolute Gasteiger partial charge is 0.295 e. The summed E-state index contributed by atoms with van der Waals surface area (Å²) in [6.07, 6.45) is 2.49. The lowest BCUT2D eigenvalue weighted by molar-refractivity contribution is -0.139. The number of Topliss-reactive ketones (excluding diaryl/α,β-unsaturated/α-hetero) is 1. The summed E-state index contributed by atoms with van der Waals surface area (Å²) in [5.41, 5.74) is 3.31. The Morgan fingerprint density at radius 3 is 2.60 bits per heavy atom.